The molecule has 0 aliphatic rings. The molecule has 0 atom stereocenters. The van der Waals surface area contributed by atoms with Crippen LogP contribution in [0.1, 0.15) is 0 Å². The minimum atomic E-state index is 0.728. The number of fused-ring (bicyclic) bond motifs is 5. The molecule has 4 aromatic carbocycles. The molecular formula is C22H13ClO. The van der Waals surface area contributed by atoms with Gasteiger partial charge in [-0.1, -0.05) is 60.1 Å². The molecule has 0 saturated heterocycles. The minimum Gasteiger partial charge on any atom is -0.455 e. The summed E-state index contributed by atoms with van der Waals surface area (Å²) in [6, 6.07) is 26.9. The molecule has 0 aliphatic carbocycles. The quantitative estimate of drug-likeness (QED) is 0.321. The summed E-state index contributed by atoms with van der Waals surface area (Å²) in [6.07, 6.45) is 0. The van der Waals surface area contributed by atoms with Crippen LogP contribution in [0.15, 0.2) is 83.3 Å². The smallest absolute Gasteiger partial charge is 0.143 e. The highest BCUT2D eigenvalue weighted by molar-refractivity contribution is 6.38. The van der Waals surface area contributed by atoms with Crippen LogP contribution in [0.25, 0.3) is 43.8 Å². The third kappa shape index (κ3) is 1.95. The van der Waals surface area contributed by atoms with E-state index in [1.165, 1.54) is 16.5 Å². The van der Waals surface area contributed by atoms with Crippen LogP contribution >= 0.6 is 11.6 Å². The van der Waals surface area contributed by atoms with Crippen molar-refractivity contribution < 1.29 is 4.42 Å². The zero-order valence-corrected chi connectivity index (χ0v) is 13.5. The largest absolute Gasteiger partial charge is 0.455 e. The van der Waals surface area contributed by atoms with Gasteiger partial charge < -0.3 is 4.42 Å². The number of benzene rings is 4. The van der Waals surface area contributed by atoms with E-state index in [1.54, 1.807) is 0 Å². The van der Waals surface area contributed by atoms with E-state index in [4.69, 9.17) is 16.0 Å². The van der Waals surface area contributed by atoms with E-state index in [-0.39, 0.29) is 0 Å². The first-order chi connectivity index (χ1) is 11.8. The first kappa shape index (κ1) is 13.6. The Morgan fingerprint density at radius 2 is 1.50 bits per heavy atom. The summed E-state index contributed by atoms with van der Waals surface area (Å²) in [7, 11) is 0. The molecule has 0 saturated carbocycles. The highest BCUT2D eigenvalue weighted by Crippen LogP contribution is 2.38. The van der Waals surface area contributed by atoms with Gasteiger partial charge in [0.1, 0.15) is 11.2 Å². The van der Waals surface area contributed by atoms with Gasteiger partial charge >= 0.3 is 0 Å². The molecule has 1 heterocycles. The molecular weight excluding hydrogens is 316 g/mol. The van der Waals surface area contributed by atoms with Crippen molar-refractivity contribution in [3.63, 3.8) is 0 Å². The van der Waals surface area contributed by atoms with Crippen LogP contribution in [0.2, 0.25) is 5.02 Å². The van der Waals surface area contributed by atoms with E-state index in [0.29, 0.717) is 0 Å². The predicted molar refractivity (Wildman–Crippen MR) is 102 cm³/mol. The van der Waals surface area contributed by atoms with Gasteiger partial charge in [-0.3, -0.25) is 0 Å². The SMILES string of the molecule is Clc1cccc2oc3c4ccc(-c5ccccc5)cc4ccc3c12. The molecule has 0 bridgehead atoms. The van der Waals surface area contributed by atoms with Crippen LogP contribution in [0, 0.1) is 0 Å². The average molecular weight is 329 g/mol. The molecule has 0 fully saturated rings. The van der Waals surface area contributed by atoms with Crippen molar-refractivity contribution in [3.8, 4) is 11.1 Å². The maximum absolute atomic E-state index is 6.37. The summed E-state index contributed by atoms with van der Waals surface area (Å²) in [5, 5.41) is 5.06. The van der Waals surface area contributed by atoms with Crippen molar-refractivity contribution in [2.45, 2.75) is 0 Å². The van der Waals surface area contributed by atoms with Gasteiger partial charge in [0.05, 0.1) is 5.02 Å². The molecule has 5 aromatic rings. The molecule has 2 heteroatoms. The van der Waals surface area contributed by atoms with E-state index < -0.39 is 0 Å². The summed E-state index contributed by atoms with van der Waals surface area (Å²) in [5.41, 5.74) is 4.15. The summed E-state index contributed by atoms with van der Waals surface area (Å²) in [4.78, 5) is 0. The maximum Gasteiger partial charge on any atom is 0.143 e. The number of halogens is 1. The monoisotopic (exact) mass is 328 g/mol. The van der Waals surface area contributed by atoms with Gasteiger partial charge in [0.25, 0.3) is 0 Å². The molecule has 114 valence electrons. The lowest BCUT2D eigenvalue weighted by molar-refractivity contribution is 0.672. The second-order valence-corrected chi connectivity index (χ2v) is 6.37. The Kier molecular flexibility index (Phi) is 2.91. The Hall–Kier alpha value is -2.77. The number of furan rings is 1. The van der Waals surface area contributed by atoms with Crippen molar-refractivity contribution in [1.29, 1.82) is 0 Å². The van der Waals surface area contributed by atoms with Gasteiger partial charge in [0.15, 0.2) is 0 Å². The van der Waals surface area contributed by atoms with Crippen LogP contribution in [0.4, 0.5) is 0 Å². The molecule has 1 aromatic heterocycles. The van der Waals surface area contributed by atoms with Gasteiger partial charge in [-0.2, -0.15) is 0 Å². The maximum atomic E-state index is 6.37. The normalized spacial score (nSPS) is 11.5. The minimum absolute atomic E-state index is 0.728. The topological polar surface area (TPSA) is 13.1 Å². The fourth-order valence-corrected chi connectivity index (χ4v) is 3.65. The standard InChI is InChI=1S/C22H13ClO/c23-19-7-4-8-20-21(19)18-12-10-16-13-15(14-5-2-1-3-6-14)9-11-17(16)22(18)24-20/h1-13H. The summed E-state index contributed by atoms with van der Waals surface area (Å²) < 4.78 is 6.11. The zero-order chi connectivity index (χ0) is 16.1. The van der Waals surface area contributed by atoms with E-state index in [2.05, 4.69) is 54.6 Å². The summed E-state index contributed by atoms with van der Waals surface area (Å²) in [5.74, 6) is 0. The van der Waals surface area contributed by atoms with Gasteiger partial charge in [0, 0.05) is 16.2 Å². The number of hydrogen-bond donors (Lipinski definition) is 0. The van der Waals surface area contributed by atoms with Crippen LogP contribution in [-0.4, -0.2) is 0 Å². The van der Waals surface area contributed by atoms with Crippen LogP contribution < -0.4 is 0 Å². The Morgan fingerprint density at radius 1 is 0.667 bits per heavy atom. The van der Waals surface area contributed by atoms with Gasteiger partial charge in [0.2, 0.25) is 0 Å². The molecule has 1 nitrogen and oxygen atoms in total. The lowest BCUT2D eigenvalue weighted by atomic mass is 10.00. The Labute approximate surface area is 144 Å². The number of rotatable bonds is 1. The highest BCUT2D eigenvalue weighted by Gasteiger charge is 2.12. The highest BCUT2D eigenvalue weighted by atomic mass is 35.5. The average Bonchev–Trinajstić information content (AvgIpc) is 3.02. The molecule has 0 spiro atoms. The molecule has 0 aliphatic heterocycles. The molecule has 0 radical (unpaired) electrons. The van der Waals surface area contributed by atoms with Crippen LogP contribution in [0.5, 0.6) is 0 Å². The van der Waals surface area contributed by atoms with Crippen molar-refractivity contribution in [2.75, 3.05) is 0 Å². The molecule has 0 amide bonds. The van der Waals surface area contributed by atoms with Gasteiger partial charge in [-0.25, -0.2) is 0 Å². The molecule has 0 N–H and O–H groups in total. The Balaban J connectivity index is 1.83. The number of hydrogen-bond acceptors (Lipinski definition) is 1. The molecule has 0 unspecified atom stereocenters. The van der Waals surface area contributed by atoms with Crippen molar-refractivity contribution in [3.05, 3.63) is 83.9 Å². The van der Waals surface area contributed by atoms with Crippen molar-refractivity contribution in [2.24, 2.45) is 0 Å². The fourth-order valence-electron chi connectivity index (χ4n) is 3.38. The van der Waals surface area contributed by atoms with Crippen LogP contribution in [-0.2, 0) is 0 Å². The zero-order valence-electron chi connectivity index (χ0n) is 12.8. The van der Waals surface area contributed by atoms with E-state index in [9.17, 15) is 0 Å². The van der Waals surface area contributed by atoms with E-state index in [0.717, 1.165) is 32.3 Å². The fraction of sp³-hybridized carbons (Fsp3) is 0. The summed E-state index contributed by atoms with van der Waals surface area (Å²) in [6.45, 7) is 0. The second-order valence-electron chi connectivity index (χ2n) is 5.96. The van der Waals surface area contributed by atoms with Gasteiger partial charge in [-0.05, 0) is 46.8 Å². The Bertz CT molecular complexity index is 1200. The Morgan fingerprint density at radius 3 is 2.38 bits per heavy atom. The van der Waals surface area contributed by atoms with E-state index in [1.807, 2.05) is 24.3 Å². The summed E-state index contributed by atoms with van der Waals surface area (Å²) >= 11 is 6.37. The third-order valence-electron chi connectivity index (χ3n) is 4.53. The predicted octanol–water partition coefficient (Wildman–Crippen LogP) is 7.06. The van der Waals surface area contributed by atoms with Crippen molar-refractivity contribution >= 4 is 44.3 Å². The molecule has 5 rings (SSSR count). The van der Waals surface area contributed by atoms with Crippen LogP contribution in [0.3, 0.4) is 0 Å². The van der Waals surface area contributed by atoms with Crippen molar-refractivity contribution in [1.82, 2.24) is 0 Å². The third-order valence-corrected chi connectivity index (χ3v) is 4.85. The first-order valence-electron chi connectivity index (χ1n) is 7.90. The second kappa shape index (κ2) is 5.12. The van der Waals surface area contributed by atoms with E-state index >= 15 is 0 Å². The lowest BCUT2D eigenvalue weighted by Crippen LogP contribution is -1.79. The molecule has 24 heavy (non-hydrogen) atoms. The first-order valence-corrected chi connectivity index (χ1v) is 8.28. The van der Waals surface area contributed by atoms with Gasteiger partial charge in [-0.15, -0.1) is 0 Å². The lowest BCUT2D eigenvalue weighted by Gasteiger charge is -2.04.